The maximum absolute atomic E-state index is 5.69. The number of nitrogens with one attached hydrogen (secondary N) is 1. The molecule has 0 aromatic carbocycles. The number of rotatable bonds is 3. The molecule has 0 bridgehead atoms. The lowest BCUT2D eigenvalue weighted by Gasteiger charge is -2.10. The van der Waals surface area contributed by atoms with Gasteiger partial charge in [-0.2, -0.15) is 0 Å². The third-order valence-electron chi connectivity index (χ3n) is 2.69. The molecule has 3 heteroatoms. The first-order valence-electron chi connectivity index (χ1n) is 5.30. The Balaban J connectivity index is 2.38. The van der Waals surface area contributed by atoms with Crippen molar-refractivity contribution in [3.8, 4) is 0 Å². The average molecular weight is 191 g/mol. The lowest BCUT2D eigenvalue weighted by molar-refractivity contribution is 0.899. The monoisotopic (exact) mass is 191 g/mol. The normalized spacial score (nSPS) is 14.1. The Kier molecular flexibility index (Phi) is 2.68. The van der Waals surface area contributed by atoms with E-state index < -0.39 is 0 Å². The van der Waals surface area contributed by atoms with Gasteiger partial charge in [0.1, 0.15) is 5.82 Å². The van der Waals surface area contributed by atoms with Crippen molar-refractivity contribution in [1.82, 2.24) is 4.98 Å². The highest BCUT2D eigenvalue weighted by Crippen LogP contribution is 2.24. The molecular formula is C11H17N3. The van der Waals surface area contributed by atoms with Crippen molar-refractivity contribution in [3.63, 3.8) is 0 Å². The molecule has 3 nitrogen and oxygen atoms in total. The summed E-state index contributed by atoms with van der Waals surface area (Å²) in [5.74, 6) is 0.982. The van der Waals surface area contributed by atoms with Crippen molar-refractivity contribution in [1.29, 1.82) is 0 Å². The Labute approximate surface area is 84.7 Å². The summed E-state index contributed by atoms with van der Waals surface area (Å²) >= 11 is 0. The highest BCUT2D eigenvalue weighted by molar-refractivity contribution is 5.48. The highest BCUT2D eigenvalue weighted by Gasteiger charge is 2.15. The Hall–Kier alpha value is -1.09. The second kappa shape index (κ2) is 3.96. The van der Waals surface area contributed by atoms with Crippen molar-refractivity contribution in [2.45, 2.75) is 32.7 Å². The zero-order valence-corrected chi connectivity index (χ0v) is 8.64. The number of nitrogens with two attached hydrogens (primary N) is 1. The van der Waals surface area contributed by atoms with Gasteiger partial charge >= 0.3 is 0 Å². The standard InChI is InChI=1S/C11H17N3/c1-2-13-11-9(7-12)6-8-4-3-5-10(8)14-11/h6H,2-5,7,12H2,1H3,(H,13,14). The summed E-state index contributed by atoms with van der Waals surface area (Å²) < 4.78 is 0. The average Bonchev–Trinajstić information content (AvgIpc) is 2.64. The molecule has 1 aliphatic carbocycles. The zero-order valence-electron chi connectivity index (χ0n) is 8.64. The molecule has 3 N–H and O–H groups in total. The molecule has 1 aromatic heterocycles. The van der Waals surface area contributed by atoms with Crippen LogP contribution in [0.25, 0.3) is 0 Å². The molecular weight excluding hydrogens is 174 g/mol. The van der Waals surface area contributed by atoms with E-state index in [1.807, 2.05) is 0 Å². The van der Waals surface area contributed by atoms with E-state index in [2.05, 4.69) is 23.3 Å². The van der Waals surface area contributed by atoms with Crippen LogP contribution in [0, 0.1) is 0 Å². The van der Waals surface area contributed by atoms with E-state index in [-0.39, 0.29) is 0 Å². The Morgan fingerprint density at radius 2 is 2.36 bits per heavy atom. The van der Waals surface area contributed by atoms with Crippen LogP contribution in [0.15, 0.2) is 6.07 Å². The summed E-state index contributed by atoms with van der Waals surface area (Å²) in [6, 6.07) is 2.22. The minimum Gasteiger partial charge on any atom is -0.370 e. The molecule has 0 radical (unpaired) electrons. The number of hydrogen-bond acceptors (Lipinski definition) is 3. The lowest BCUT2D eigenvalue weighted by atomic mass is 10.1. The fourth-order valence-electron chi connectivity index (χ4n) is 2.00. The fraction of sp³-hybridized carbons (Fsp3) is 0.545. The lowest BCUT2D eigenvalue weighted by Crippen LogP contribution is -2.08. The highest BCUT2D eigenvalue weighted by atomic mass is 15.0. The third kappa shape index (κ3) is 1.60. The Morgan fingerprint density at radius 1 is 1.50 bits per heavy atom. The SMILES string of the molecule is CCNc1nc2c(cc1CN)CCC2. The molecule has 1 aromatic rings. The van der Waals surface area contributed by atoms with Crippen LogP contribution in [-0.2, 0) is 19.4 Å². The van der Waals surface area contributed by atoms with Gasteiger partial charge in [0.15, 0.2) is 0 Å². The summed E-state index contributed by atoms with van der Waals surface area (Å²) in [5.41, 5.74) is 9.50. The summed E-state index contributed by atoms with van der Waals surface area (Å²) in [6.45, 7) is 3.55. The van der Waals surface area contributed by atoms with Gasteiger partial charge in [0, 0.05) is 24.3 Å². The molecule has 0 saturated carbocycles. The summed E-state index contributed by atoms with van der Waals surface area (Å²) in [6.07, 6.45) is 3.53. The molecule has 2 rings (SSSR count). The number of aromatic nitrogens is 1. The summed E-state index contributed by atoms with van der Waals surface area (Å²) in [4.78, 5) is 4.62. The number of anilines is 1. The van der Waals surface area contributed by atoms with Gasteiger partial charge in [-0.1, -0.05) is 0 Å². The van der Waals surface area contributed by atoms with Crippen LogP contribution < -0.4 is 11.1 Å². The van der Waals surface area contributed by atoms with Gasteiger partial charge in [0.25, 0.3) is 0 Å². The predicted molar refractivity (Wildman–Crippen MR) is 58.3 cm³/mol. The molecule has 0 atom stereocenters. The van der Waals surface area contributed by atoms with E-state index in [0.29, 0.717) is 6.54 Å². The smallest absolute Gasteiger partial charge is 0.130 e. The molecule has 0 fully saturated rings. The molecule has 0 saturated heterocycles. The van der Waals surface area contributed by atoms with Crippen LogP contribution in [0.5, 0.6) is 0 Å². The van der Waals surface area contributed by atoms with E-state index in [1.54, 1.807) is 0 Å². The first kappa shape index (κ1) is 9.46. The van der Waals surface area contributed by atoms with E-state index >= 15 is 0 Å². The number of pyridine rings is 1. The Morgan fingerprint density at radius 3 is 3.07 bits per heavy atom. The molecule has 0 spiro atoms. The van der Waals surface area contributed by atoms with Crippen LogP contribution in [0.2, 0.25) is 0 Å². The number of fused-ring (bicyclic) bond motifs is 1. The topological polar surface area (TPSA) is 50.9 Å². The van der Waals surface area contributed by atoms with E-state index in [1.165, 1.54) is 24.1 Å². The van der Waals surface area contributed by atoms with E-state index in [0.717, 1.165) is 24.3 Å². The van der Waals surface area contributed by atoms with E-state index in [4.69, 9.17) is 5.73 Å². The summed E-state index contributed by atoms with van der Waals surface area (Å²) in [5, 5.41) is 3.27. The largest absolute Gasteiger partial charge is 0.370 e. The summed E-state index contributed by atoms with van der Waals surface area (Å²) in [7, 11) is 0. The second-order valence-corrected chi connectivity index (χ2v) is 3.69. The molecule has 0 aliphatic heterocycles. The third-order valence-corrected chi connectivity index (χ3v) is 2.69. The van der Waals surface area contributed by atoms with Crippen molar-refractivity contribution in [3.05, 3.63) is 22.9 Å². The predicted octanol–water partition coefficient (Wildman–Crippen LogP) is 1.46. The van der Waals surface area contributed by atoms with Crippen molar-refractivity contribution < 1.29 is 0 Å². The van der Waals surface area contributed by atoms with Crippen LogP contribution in [-0.4, -0.2) is 11.5 Å². The van der Waals surface area contributed by atoms with Gasteiger partial charge in [-0.05, 0) is 37.8 Å². The zero-order chi connectivity index (χ0) is 9.97. The quantitative estimate of drug-likeness (QED) is 0.760. The molecule has 1 heterocycles. The van der Waals surface area contributed by atoms with Crippen LogP contribution in [0.3, 0.4) is 0 Å². The molecule has 14 heavy (non-hydrogen) atoms. The van der Waals surface area contributed by atoms with Gasteiger partial charge in [-0.3, -0.25) is 0 Å². The minimum atomic E-state index is 0.572. The van der Waals surface area contributed by atoms with Gasteiger partial charge in [0.2, 0.25) is 0 Å². The molecule has 76 valence electrons. The van der Waals surface area contributed by atoms with Crippen molar-refractivity contribution in [2.75, 3.05) is 11.9 Å². The fourth-order valence-corrected chi connectivity index (χ4v) is 2.00. The van der Waals surface area contributed by atoms with Gasteiger partial charge < -0.3 is 11.1 Å². The minimum absolute atomic E-state index is 0.572. The van der Waals surface area contributed by atoms with Gasteiger partial charge in [-0.25, -0.2) is 4.98 Å². The molecule has 0 amide bonds. The van der Waals surface area contributed by atoms with Crippen molar-refractivity contribution >= 4 is 5.82 Å². The number of aryl methyl sites for hydroxylation is 2. The van der Waals surface area contributed by atoms with Gasteiger partial charge in [0.05, 0.1) is 0 Å². The van der Waals surface area contributed by atoms with Crippen LogP contribution >= 0.6 is 0 Å². The van der Waals surface area contributed by atoms with Crippen molar-refractivity contribution in [2.24, 2.45) is 5.73 Å². The first-order valence-corrected chi connectivity index (χ1v) is 5.30. The maximum Gasteiger partial charge on any atom is 0.130 e. The van der Waals surface area contributed by atoms with Crippen LogP contribution in [0.1, 0.15) is 30.2 Å². The maximum atomic E-state index is 5.69. The number of nitrogens with zero attached hydrogens (tertiary/aromatic N) is 1. The van der Waals surface area contributed by atoms with Crippen LogP contribution in [0.4, 0.5) is 5.82 Å². The molecule has 0 unspecified atom stereocenters. The second-order valence-electron chi connectivity index (χ2n) is 3.69. The molecule has 1 aliphatic rings. The number of hydrogen-bond donors (Lipinski definition) is 2. The van der Waals surface area contributed by atoms with E-state index in [9.17, 15) is 0 Å². The van der Waals surface area contributed by atoms with Gasteiger partial charge in [-0.15, -0.1) is 0 Å². The first-order chi connectivity index (χ1) is 6.85. The Bertz CT molecular complexity index is 334.